The van der Waals surface area contributed by atoms with Crippen LogP contribution in [0.2, 0.25) is 0 Å². The van der Waals surface area contributed by atoms with Crippen molar-refractivity contribution in [3.8, 4) is 0 Å². The van der Waals surface area contributed by atoms with Gasteiger partial charge in [0.2, 0.25) is 0 Å². The number of aryl methyl sites for hydroxylation is 2. The fraction of sp³-hybridized carbons (Fsp3) is 0.320. The van der Waals surface area contributed by atoms with E-state index in [4.69, 9.17) is 4.98 Å². The summed E-state index contributed by atoms with van der Waals surface area (Å²) in [6.07, 6.45) is 1.66. The summed E-state index contributed by atoms with van der Waals surface area (Å²) in [5, 5.41) is 2.81. The Kier molecular flexibility index (Phi) is 6.72. The number of nitrogens with one attached hydrogen (secondary N) is 1. The first-order valence-electron chi connectivity index (χ1n) is 10.9. The molecule has 1 aliphatic carbocycles. The van der Waals surface area contributed by atoms with Crippen LogP contribution in [0.5, 0.6) is 0 Å². The molecule has 4 nitrogen and oxygen atoms in total. The van der Waals surface area contributed by atoms with Gasteiger partial charge in [-0.25, -0.2) is 4.39 Å². The predicted molar refractivity (Wildman–Crippen MR) is 115 cm³/mol. The fourth-order valence-corrected chi connectivity index (χ4v) is 4.17. The first-order chi connectivity index (χ1) is 15.8. The number of pyridine rings is 2. The number of carbonyl (C=O) groups is 1. The minimum absolute atomic E-state index is 0.153. The van der Waals surface area contributed by atoms with Gasteiger partial charge < -0.3 is 5.32 Å². The number of nitrogens with zero attached hydrogens (tertiary/aromatic N) is 2. The molecule has 1 N–H and O–H groups in total. The number of aromatic nitrogens is 2. The van der Waals surface area contributed by atoms with E-state index in [-0.39, 0.29) is 11.8 Å². The van der Waals surface area contributed by atoms with E-state index < -0.39 is 17.6 Å². The summed E-state index contributed by atoms with van der Waals surface area (Å²) < 4.78 is 52.3. The third-order valence-electron chi connectivity index (χ3n) is 5.84. The highest BCUT2D eigenvalue weighted by Crippen LogP contribution is 2.38. The highest BCUT2D eigenvalue weighted by Gasteiger charge is 2.32. The van der Waals surface area contributed by atoms with Gasteiger partial charge in [0.15, 0.2) is 0 Å². The summed E-state index contributed by atoms with van der Waals surface area (Å²) in [5.74, 6) is -0.803. The number of hydrogen-bond donors (Lipinski definition) is 1. The summed E-state index contributed by atoms with van der Waals surface area (Å²) in [4.78, 5) is 20.7. The molecular formula is C25H23F4N3O. The minimum Gasteiger partial charge on any atom is -0.352 e. The Balaban J connectivity index is 1.38. The zero-order valence-electron chi connectivity index (χ0n) is 17.8. The summed E-state index contributed by atoms with van der Waals surface area (Å²) in [6.45, 7) is 0.452. The topological polar surface area (TPSA) is 54.9 Å². The van der Waals surface area contributed by atoms with Crippen molar-refractivity contribution in [3.63, 3.8) is 0 Å². The van der Waals surface area contributed by atoms with Crippen molar-refractivity contribution in [3.05, 3.63) is 94.3 Å². The average Bonchev–Trinajstić information content (AvgIpc) is 2.81. The largest absolute Gasteiger partial charge is 0.417 e. The number of amides is 1. The number of carbonyl (C=O) groups excluding carboxylic acids is 1. The average molecular weight is 457 g/mol. The first kappa shape index (κ1) is 22.9. The van der Waals surface area contributed by atoms with Crippen molar-refractivity contribution in [2.24, 2.45) is 0 Å². The fourth-order valence-electron chi connectivity index (χ4n) is 4.17. The summed E-state index contributed by atoms with van der Waals surface area (Å²) >= 11 is 0. The Morgan fingerprint density at radius 2 is 1.88 bits per heavy atom. The predicted octanol–water partition coefficient (Wildman–Crippen LogP) is 5.47. The van der Waals surface area contributed by atoms with E-state index in [1.54, 1.807) is 0 Å². The van der Waals surface area contributed by atoms with Crippen LogP contribution in [0.25, 0.3) is 0 Å². The molecule has 172 valence electrons. The van der Waals surface area contributed by atoms with Gasteiger partial charge in [0.25, 0.3) is 5.91 Å². The molecule has 0 radical (unpaired) electrons. The van der Waals surface area contributed by atoms with E-state index in [9.17, 15) is 22.4 Å². The van der Waals surface area contributed by atoms with Crippen LogP contribution in [0.1, 0.15) is 63.6 Å². The van der Waals surface area contributed by atoms with Crippen LogP contribution in [0, 0.1) is 5.82 Å². The van der Waals surface area contributed by atoms with Gasteiger partial charge in [0.1, 0.15) is 5.82 Å². The van der Waals surface area contributed by atoms with Crippen LogP contribution in [-0.2, 0) is 19.0 Å². The van der Waals surface area contributed by atoms with Gasteiger partial charge in [-0.3, -0.25) is 14.8 Å². The number of fused-ring (bicyclic) bond motifs is 1. The quantitative estimate of drug-likeness (QED) is 0.395. The molecule has 1 aromatic carbocycles. The van der Waals surface area contributed by atoms with Gasteiger partial charge in [-0.15, -0.1) is 0 Å². The Labute approximate surface area is 189 Å². The molecule has 0 unspecified atom stereocenters. The lowest BCUT2D eigenvalue weighted by Gasteiger charge is -2.26. The van der Waals surface area contributed by atoms with Crippen LogP contribution in [0.4, 0.5) is 17.6 Å². The van der Waals surface area contributed by atoms with Gasteiger partial charge in [0, 0.05) is 41.8 Å². The molecule has 2 aromatic heterocycles. The summed E-state index contributed by atoms with van der Waals surface area (Å²) in [6, 6.07) is 10.4. The van der Waals surface area contributed by atoms with E-state index in [0.717, 1.165) is 42.4 Å². The molecule has 8 heteroatoms. The SMILES string of the molecule is O=C(NCCCc1ccc2c(n1)CCC[C@H]2c1cncc(C(F)(F)F)c1)c1ccc(F)cc1. The molecule has 3 aromatic rings. The molecule has 33 heavy (non-hydrogen) atoms. The second-order valence-corrected chi connectivity index (χ2v) is 8.15. The lowest BCUT2D eigenvalue weighted by molar-refractivity contribution is -0.137. The van der Waals surface area contributed by atoms with E-state index in [0.29, 0.717) is 30.5 Å². The van der Waals surface area contributed by atoms with Crippen LogP contribution < -0.4 is 5.32 Å². The maximum atomic E-state index is 13.1. The van der Waals surface area contributed by atoms with Crippen LogP contribution >= 0.6 is 0 Å². The molecule has 0 saturated carbocycles. The number of hydrogen-bond acceptors (Lipinski definition) is 3. The monoisotopic (exact) mass is 457 g/mol. The third-order valence-corrected chi connectivity index (χ3v) is 5.84. The second-order valence-electron chi connectivity index (χ2n) is 8.15. The second kappa shape index (κ2) is 9.68. The van der Waals surface area contributed by atoms with Crippen LogP contribution in [-0.4, -0.2) is 22.4 Å². The normalized spacial score (nSPS) is 15.7. The molecule has 1 atom stereocenters. The van der Waals surface area contributed by atoms with Gasteiger partial charge in [0.05, 0.1) is 5.56 Å². The highest BCUT2D eigenvalue weighted by atomic mass is 19.4. The van der Waals surface area contributed by atoms with Crippen molar-refractivity contribution >= 4 is 5.91 Å². The standard InChI is InChI=1S/C25H23F4N3O/c26-19-8-6-16(7-9-19)24(33)31-12-2-3-20-10-11-22-21(4-1-5-23(22)32-20)17-13-18(15-30-14-17)25(27,28)29/h6-11,13-15,21H,1-5,12H2,(H,31,33)/t21-/m0/s1. The van der Waals surface area contributed by atoms with Gasteiger partial charge in [-0.05, 0) is 79.6 Å². The van der Waals surface area contributed by atoms with E-state index in [1.807, 2.05) is 12.1 Å². The van der Waals surface area contributed by atoms with E-state index in [2.05, 4.69) is 10.3 Å². The Bertz CT molecular complexity index is 1130. The van der Waals surface area contributed by atoms with Crippen molar-refractivity contribution < 1.29 is 22.4 Å². The highest BCUT2D eigenvalue weighted by molar-refractivity contribution is 5.94. The lowest BCUT2D eigenvalue weighted by atomic mass is 9.81. The van der Waals surface area contributed by atoms with E-state index >= 15 is 0 Å². The molecule has 0 fully saturated rings. The van der Waals surface area contributed by atoms with Crippen LogP contribution in [0.15, 0.2) is 54.9 Å². The smallest absolute Gasteiger partial charge is 0.352 e. The molecule has 2 heterocycles. The maximum absolute atomic E-state index is 13.1. The lowest BCUT2D eigenvalue weighted by Crippen LogP contribution is -2.24. The number of alkyl halides is 3. The van der Waals surface area contributed by atoms with Crippen molar-refractivity contribution in [2.45, 2.75) is 44.2 Å². The number of halogens is 4. The van der Waals surface area contributed by atoms with Crippen molar-refractivity contribution in [1.82, 2.24) is 15.3 Å². The molecule has 1 aliphatic rings. The maximum Gasteiger partial charge on any atom is 0.417 e. The Morgan fingerprint density at radius 1 is 1.09 bits per heavy atom. The molecular weight excluding hydrogens is 434 g/mol. The van der Waals surface area contributed by atoms with E-state index in [1.165, 1.54) is 36.5 Å². The van der Waals surface area contributed by atoms with Gasteiger partial charge in [-0.1, -0.05) is 6.07 Å². The number of benzene rings is 1. The number of rotatable bonds is 6. The molecule has 0 saturated heterocycles. The zero-order valence-corrected chi connectivity index (χ0v) is 17.8. The Morgan fingerprint density at radius 3 is 2.64 bits per heavy atom. The molecule has 0 bridgehead atoms. The van der Waals surface area contributed by atoms with Crippen molar-refractivity contribution in [2.75, 3.05) is 6.54 Å². The zero-order chi connectivity index (χ0) is 23.4. The van der Waals surface area contributed by atoms with Gasteiger partial charge in [-0.2, -0.15) is 13.2 Å². The third kappa shape index (κ3) is 5.56. The first-order valence-corrected chi connectivity index (χ1v) is 10.9. The van der Waals surface area contributed by atoms with Crippen molar-refractivity contribution in [1.29, 1.82) is 0 Å². The minimum atomic E-state index is -4.42. The summed E-state index contributed by atoms with van der Waals surface area (Å²) in [5.41, 5.74) is 2.97. The molecule has 0 spiro atoms. The molecule has 1 amide bonds. The Hall–Kier alpha value is -3.29. The molecule has 4 rings (SSSR count). The van der Waals surface area contributed by atoms with Gasteiger partial charge >= 0.3 is 6.18 Å². The van der Waals surface area contributed by atoms with Crippen LogP contribution in [0.3, 0.4) is 0 Å². The molecule has 0 aliphatic heterocycles. The summed E-state index contributed by atoms with van der Waals surface area (Å²) in [7, 11) is 0.